The largest absolute Gasteiger partial charge is 0.372 e. The Kier molecular flexibility index (Phi) is 7.35. The fraction of sp³-hybridized carbons (Fsp3) is 0.448. The quantitative estimate of drug-likeness (QED) is 0.389. The number of nitrogens with zero attached hydrogens (tertiary/aromatic N) is 2. The Morgan fingerprint density at radius 1 is 1.05 bits per heavy atom. The van der Waals surface area contributed by atoms with Crippen LogP contribution in [0.25, 0.3) is 0 Å². The van der Waals surface area contributed by atoms with E-state index in [0.29, 0.717) is 28.7 Å². The molecule has 1 aliphatic heterocycles. The van der Waals surface area contributed by atoms with Crippen LogP contribution in [0, 0.1) is 17.8 Å². The van der Waals surface area contributed by atoms with Crippen LogP contribution in [0.1, 0.15) is 49.5 Å². The second-order valence-electron chi connectivity index (χ2n) is 11.0. The summed E-state index contributed by atoms with van der Waals surface area (Å²) >= 11 is 3.09. The van der Waals surface area contributed by atoms with E-state index in [2.05, 4.69) is 48.3 Å². The average Bonchev–Trinajstić information content (AvgIpc) is 3.63. The standard InChI is InChI=1S/C29H34N4O4S3/c1-3-32(4-2)21-11-7-17(8-12-21)24-25-18-5-6-19(15-18)26(25)38-28-27(24)39-29(35)33(28)16-23(34)31-20-9-13-22(14-10-20)40(30,36)37/h7-14,18-19,24-26H,3-6,15-16H2,1-2H3,(H,31,34)(H2,30,36,37)/t18-,19-,24-,25-,26+/m0/s1. The summed E-state index contributed by atoms with van der Waals surface area (Å²) in [6.45, 7) is 6.15. The molecule has 0 saturated heterocycles. The lowest BCUT2D eigenvalue weighted by Crippen LogP contribution is -2.35. The molecule has 212 valence electrons. The number of rotatable bonds is 8. The zero-order chi connectivity index (χ0) is 28.2. The van der Waals surface area contributed by atoms with Crippen molar-refractivity contribution in [3.63, 3.8) is 0 Å². The van der Waals surface area contributed by atoms with Gasteiger partial charge in [0.1, 0.15) is 6.54 Å². The monoisotopic (exact) mass is 598 g/mol. The molecular weight excluding hydrogens is 565 g/mol. The molecular formula is C29H34N4O4S3. The van der Waals surface area contributed by atoms with E-state index < -0.39 is 10.0 Å². The number of primary sulfonamides is 1. The number of carbonyl (C=O) groups is 1. The highest BCUT2D eigenvalue weighted by Crippen LogP contribution is 2.64. The molecule has 1 amide bonds. The van der Waals surface area contributed by atoms with Gasteiger partial charge in [-0.2, -0.15) is 0 Å². The lowest BCUT2D eigenvalue weighted by Gasteiger charge is -2.40. The topological polar surface area (TPSA) is 114 Å². The molecule has 2 fully saturated rings. The van der Waals surface area contributed by atoms with Gasteiger partial charge in [-0.25, -0.2) is 13.6 Å². The number of nitrogens with two attached hydrogens (primary N) is 1. The highest BCUT2D eigenvalue weighted by molar-refractivity contribution is 8.00. The van der Waals surface area contributed by atoms with Gasteiger partial charge in [-0.1, -0.05) is 23.5 Å². The summed E-state index contributed by atoms with van der Waals surface area (Å²) in [5, 5.41) is 9.35. The number of benzene rings is 2. The van der Waals surface area contributed by atoms with Crippen molar-refractivity contribution in [2.75, 3.05) is 23.3 Å². The highest BCUT2D eigenvalue weighted by atomic mass is 32.2. The minimum Gasteiger partial charge on any atom is -0.372 e. The molecule has 0 radical (unpaired) electrons. The molecule has 2 saturated carbocycles. The number of aromatic nitrogens is 1. The molecule has 6 rings (SSSR count). The van der Waals surface area contributed by atoms with E-state index in [4.69, 9.17) is 5.14 Å². The van der Waals surface area contributed by atoms with Gasteiger partial charge in [-0.05, 0) is 92.8 Å². The molecule has 1 aromatic heterocycles. The van der Waals surface area contributed by atoms with Crippen molar-refractivity contribution in [1.29, 1.82) is 0 Å². The van der Waals surface area contributed by atoms with Crippen LogP contribution in [0.3, 0.4) is 0 Å². The van der Waals surface area contributed by atoms with Crippen molar-refractivity contribution in [2.45, 2.75) is 60.7 Å². The van der Waals surface area contributed by atoms with Crippen molar-refractivity contribution in [3.05, 3.63) is 68.6 Å². The third-order valence-electron chi connectivity index (χ3n) is 8.84. The Hall–Kier alpha value is -2.60. The van der Waals surface area contributed by atoms with Gasteiger partial charge in [0.25, 0.3) is 0 Å². The van der Waals surface area contributed by atoms with Crippen molar-refractivity contribution >= 4 is 50.4 Å². The SMILES string of the molecule is CCN(CC)c1ccc([C@@H]2c3sc(=O)n(CC(=O)Nc4ccc(S(N)(=O)=O)cc4)c3S[C@@H]3[C@H]4CC[C@@H](C4)[C@@H]23)cc1. The molecule has 5 atom stereocenters. The van der Waals surface area contributed by atoms with Gasteiger partial charge in [-0.15, -0.1) is 11.8 Å². The van der Waals surface area contributed by atoms with E-state index in [1.54, 1.807) is 4.57 Å². The number of thioether (sulfide) groups is 1. The van der Waals surface area contributed by atoms with Crippen LogP contribution in [0.4, 0.5) is 11.4 Å². The second-order valence-corrected chi connectivity index (χ2v) is 14.7. The number of sulfonamides is 1. The number of fused-ring (bicyclic) bond motifs is 6. The van der Waals surface area contributed by atoms with Crippen LogP contribution in [-0.4, -0.2) is 37.2 Å². The van der Waals surface area contributed by atoms with E-state index in [-0.39, 0.29) is 28.1 Å². The third-order valence-corrected chi connectivity index (χ3v) is 12.6. The first kappa shape index (κ1) is 27.6. The summed E-state index contributed by atoms with van der Waals surface area (Å²) in [5.74, 6) is 1.67. The molecule has 2 aromatic carbocycles. The van der Waals surface area contributed by atoms with Gasteiger partial charge in [0.05, 0.1) is 9.92 Å². The van der Waals surface area contributed by atoms with E-state index in [1.165, 1.54) is 66.1 Å². The minimum atomic E-state index is -3.82. The van der Waals surface area contributed by atoms with Crippen LogP contribution in [-0.2, 0) is 21.4 Å². The van der Waals surface area contributed by atoms with Gasteiger partial charge in [0, 0.05) is 40.5 Å². The molecule has 2 aliphatic carbocycles. The molecule has 2 heterocycles. The fourth-order valence-electron chi connectivity index (χ4n) is 7.01. The number of carbonyl (C=O) groups excluding carboxylic acids is 1. The average molecular weight is 599 g/mol. The van der Waals surface area contributed by atoms with E-state index in [0.717, 1.165) is 23.0 Å². The van der Waals surface area contributed by atoms with E-state index in [1.807, 2.05) is 11.8 Å². The molecule has 3 N–H and O–H groups in total. The summed E-state index contributed by atoms with van der Waals surface area (Å²) < 4.78 is 24.7. The molecule has 0 spiro atoms. The first-order chi connectivity index (χ1) is 19.2. The summed E-state index contributed by atoms with van der Waals surface area (Å²) in [7, 11) is -3.82. The first-order valence-corrected chi connectivity index (χ1v) is 17.1. The Morgan fingerprint density at radius 3 is 2.38 bits per heavy atom. The first-order valence-electron chi connectivity index (χ1n) is 13.9. The number of thiazole rings is 1. The predicted octanol–water partition coefficient (Wildman–Crippen LogP) is 4.69. The van der Waals surface area contributed by atoms with Crippen LogP contribution in [0.2, 0.25) is 0 Å². The van der Waals surface area contributed by atoms with Crippen LogP contribution < -0.4 is 20.2 Å². The van der Waals surface area contributed by atoms with Gasteiger partial charge in [0.15, 0.2) is 0 Å². The predicted molar refractivity (Wildman–Crippen MR) is 161 cm³/mol. The van der Waals surface area contributed by atoms with Crippen molar-refractivity contribution < 1.29 is 13.2 Å². The Bertz CT molecular complexity index is 1580. The fourth-order valence-corrected chi connectivity index (χ4v) is 10.7. The Balaban J connectivity index is 1.30. The summed E-state index contributed by atoms with van der Waals surface area (Å²) in [4.78, 5) is 29.7. The second kappa shape index (κ2) is 10.7. The van der Waals surface area contributed by atoms with Crippen molar-refractivity contribution in [1.82, 2.24) is 4.57 Å². The number of anilines is 2. The molecule has 3 aliphatic rings. The molecule has 11 heteroatoms. The summed E-state index contributed by atoms with van der Waals surface area (Å²) in [6, 6.07) is 14.6. The highest BCUT2D eigenvalue weighted by Gasteiger charge is 2.55. The van der Waals surface area contributed by atoms with Gasteiger partial charge < -0.3 is 10.2 Å². The summed E-state index contributed by atoms with van der Waals surface area (Å²) in [5.41, 5.74) is 2.91. The van der Waals surface area contributed by atoms with Gasteiger partial charge in [-0.3, -0.25) is 14.2 Å². The number of hydrogen-bond donors (Lipinski definition) is 2. The smallest absolute Gasteiger partial charge is 0.308 e. The van der Waals surface area contributed by atoms with Crippen molar-refractivity contribution in [3.8, 4) is 0 Å². The zero-order valence-electron chi connectivity index (χ0n) is 22.6. The number of amides is 1. The van der Waals surface area contributed by atoms with Gasteiger partial charge in [0.2, 0.25) is 15.9 Å². The Morgan fingerprint density at radius 2 is 1.73 bits per heavy atom. The molecule has 2 bridgehead atoms. The molecule has 0 unspecified atom stereocenters. The lowest BCUT2D eigenvalue weighted by molar-refractivity contribution is -0.116. The Labute approximate surface area is 243 Å². The third kappa shape index (κ3) is 4.91. The number of hydrogen-bond acceptors (Lipinski definition) is 7. The normalized spacial score (nSPS) is 24.9. The zero-order valence-corrected chi connectivity index (χ0v) is 25.0. The summed E-state index contributed by atoms with van der Waals surface area (Å²) in [6.07, 6.45) is 3.76. The van der Waals surface area contributed by atoms with Gasteiger partial charge >= 0.3 is 4.87 Å². The number of nitrogens with one attached hydrogen (secondary N) is 1. The maximum Gasteiger partial charge on any atom is 0.308 e. The van der Waals surface area contributed by atoms with Crippen LogP contribution >= 0.6 is 23.1 Å². The van der Waals surface area contributed by atoms with E-state index >= 15 is 0 Å². The minimum absolute atomic E-state index is 0.0263. The van der Waals surface area contributed by atoms with E-state index in [9.17, 15) is 18.0 Å². The van der Waals surface area contributed by atoms with Crippen molar-refractivity contribution in [2.24, 2.45) is 22.9 Å². The maximum atomic E-state index is 13.3. The molecule has 8 nitrogen and oxygen atoms in total. The lowest BCUT2D eigenvalue weighted by atomic mass is 9.75. The molecule has 40 heavy (non-hydrogen) atoms. The maximum absolute atomic E-state index is 13.3. The van der Waals surface area contributed by atoms with Crippen LogP contribution in [0.15, 0.2) is 63.2 Å². The molecule has 3 aromatic rings. The van der Waals surface area contributed by atoms with Crippen LogP contribution in [0.5, 0.6) is 0 Å².